The first-order valence-corrected chi connectivity index (χ1v) is 21.4. The van der Waals surface area contributed by atoms with Crippen LogP contribution < -0.4 is 0 Å². The Balaban J connectivity index is 2.34. The third kappa shape index (κ3) is 13.0. The molecule has 2 aliphatic rings. The van der Waals surface area contributed by atoms with E-state index in [9.17, 15) is 24.0 Å². The van der Waals surface area contributed by atoms with Gasteiger partial charge in [-0.15, -0.1) is 0 Å². The Morgan fingerprint density at radius 1 is 0.844 bits per heavy atom. The smallest absolute Gasteiger partial charge is 0.346 e. The number of carbonyl (C=O) groups excluding carboxylic acids is 5. The summed E-state index contributed by atoms with van der Waals surface area (Å²) in [6, 6.07) is 9.58. The lowest BCUT2D eigenvalue weighted by Gasteiger charge is -2.51. The topological polar surface area (TPSA) is 205 Å². The molecule has 18 heteroatoms. The van der Waals surface area contributed by atoms with Crippen LogP contribution in [-0.4, -0.2) is 147 Å². The van der Waals surface area contributed by atoms with Gasteiger partial charge in [-0.1, -0.05) is 77.1 Å². The van der Waals surface area contributed by atoms with E-state index in [4.69, 9.17) is 61.6 Å². The largest absolute Gasteiger partial charge is 0.467 e. The average Bonchev–Trinajstić information content (AvgIpc) is 3.51. The van der Waals surface area contributed by atoms with E-state index in [-0.39, 0.29) is 51.1 Å². The number of hydrogen-bond donors (Lipinski definition) is 0. The lowest BCUT2D eigenvalue weighted by molar-refractivity contribution is -0.389. The maximum absolute atomic E-state index is 14.8. The number of ether oxygens (including phenoxy) is 13. The number of esters is 5. The highest BCUT2D eigenvalue weighted by Gasteiger charge is 2.88. The van der Waals surface area contributed by atoms with Crippen molar-refractivity contribution in [2.75, 3.05) is 75.6 Å². The van der Waals surface area contributed by atoms with Gasteiger partial charge in [-0.25, -0.2) is 19.2 Å². The van der Waals surface area contributed by atoms with Gasteiger partial charge >= 0.3 is 29.8 Å². The second kappa shape index (κ2) is 26.0. The first-order chi connectivity index (χ1) is 30.6. The van der Waals surface area contributed by atoms with Crippen molar-refractivity contribution in [2.24, 2.45) is 17.8 Å². The van der Waals surface area contributed by atoms with Gasteiger partial charge in [0.1, 0.15) is 19.7 Å². The van der Waals surface area contributed by atoms with Crippen molar-refractivity contribution in [1.29, 1.82) is 0 Å². The summed E-state index contributed by atoms with van der Waals surface area (Å²) < 4.78 is 75.2. The molecule has 18 nitrogen and oxygen atoms in total. The number of methoxy groups -OCH3 is 5. The maximum Gasteiger partial charge on any atom is 0.346 e. The quantitative estimate of drug-likeness (QED) is 0.0272. The van der Waals surface area contributed by atoms with Crippen LogP contribution in [0.3, 0.4) is 0 Å². The predicted molar refractivity (Wildman–Crippen MR) is 227 cm³/mol. The van der Waals surface area contributed by atoms with Gasteiger partial charge in [-0.05, 0) is 42.2 Å². The minimum Gasteiger partial charge on any atom is -0.467 e. The minimum atomic E-state index is -3.02. The van der Waals surface area contributed by atoms with Crippen LogP contribution in [0.2, 0.25) is 0 Å². The van der Waals surface area contributed by atoms with Crippen molar-refractivity contribution in [3.8, 4) is 0 Å². The van der Waals surface area contributed by atoms with E-state index in [0.29, 0.717) is 17.9 Å². The Morgan fingerprint density at radius 3 is 2.06 bits per heavy atom. The van der Waals surface area contributed by atoms with E-state index in [2.05, 4.69) is 20.4 Å². The van der Waals surface area contributed by atoms with Gasteiger partial charge in [0.05, 0.1) is 47.8 Å². The van der Waals surface area contributed by atoms with E-state index >= 15 is 0 Å². The minimum absolute atomic E-state index is 0.0420. The number of rotatable bonds is 29. The first-order valence-electron chi connectivity index (χ1n) is 21.4. The summed E-state index contributed by atoms with van der Waals surface area (Å²) in [5.41, 5.74) is -4.61. The molecule has 2 bridgehead atoms. The summed E-state index contributed by atoms with van der Waals surface area (Å²) in [5, 5.41) is 0. The highest BCUT2D eigenvalue weighted by atomic mass is 16.8. The van der Waals surface area contributed by atoms with Gasteiger partial charge in [-0.2, -0.15) is 0 Å². The molecule has 360 valence electrons. The third-order valence-electron chi connectivity index (χ3n) is 11.3. The lowest BCUT2D eigenvalue weighted by Crippen LogP contribution is -2.79. The van der Waals surface area contributed by atoms with Crippen molar-refractivity contribution < 1.29 is 85.6 Å². The number of fused-ring (bicyclic) bond motifs is 2. The van der Waals surface area contributed by atoms with Gasteiger partial charge in [0, 0.05) is 39.6 Å². The van der Waals surface area contributed by atoms with Crippen LogP contribution in [0.5, 0.6) is 0 Å². The normalized spacial score (nSPS) is 25.8. The van der Waals surface area contributed by atoms with Crippen LogP contribution in [0, 0.1) is 17.8 Å². The van der Waals surface area contributed by atoms with Gasteiger partial charge < -0.3 is 61.6 Å². The highest BCUT2D eigenvalue weighted by molar-refractivity contribution is 6.00. The second-order valence-corrected chi connectivity index (χ2v) is 16.0. The molecule has 0 aliphatic carbocycles. The Labute approximate surface area is 376 Å². The standard InChI is InChI=1S/C46H68O18/c1-12-30(2)26-31(3)18-19-36(48)62-39-38(59-28-57-24-22-52-7)44(21-20-32(4)37(61-34(6)47)33(5)27-35-16-14-13-15-17-35)63-40(41(49)54-9)45(42(50)55-10,60-29-58-25-23-53-8)46(39,64-44)43(51)56-11/h13-19,30-31,33,37-40H,4,12,20-29H2,1-3,5-11H3/b19-18+/t30-,31+,33+,37+,38+,39+,40+,44-,45+,46-/m0/s1. The van der Waals surface area contributed by atoms with Crippen molar-refractivity contribution in [3.05, 3.63) is 60.2 Å². The molecule has 1 aromatic rings. The summed E-state index contributed by atoms with van der Waals surface area (Å²) in [4.78, 5) is 70.2. The van der Waals surface area contributed by atoms with Crippen LogP contribution in [0.1, 0.15) is 65.9 Å². The Bertz CT molecular complexity index is 1700. The number of carbonyl (C=O) groups is 5. The van der Waals surface area contributed by atoms with Crippen LogP contribution >= 0.6 is 0 Å². The van der Waals surface area contributed by atoms with Gasteiger partial charge in [0.25, 0.3) is 5.60 Å². The van der Waals surface area contributed by atoms with Crippen molar-refractivity contribution in [3.63, 3.8) is 0 Å². The Hall–Kier alpha value is -4.27. The zero-order valence-corrected chi connectivity index (χ0v) is 38.9. The molecular weight excluding hydrogens is 840 g/mol. The summed E-state index contributed by atoms with van der Waals surface area (Å²) in [6.07, 6.45) is -2.18. The van der Waals surface area contributed by atoms with Gasteiger partial charge in [-0.3, -0.25) is 4.79 Å². The molecule has 64 heavy (non-hydrogen) atoms. The number of hydrogen-bond acceptors (Lipinski definition) is 18. The highest BCUT2D eigenvalue weighted by Crippen LogP contribution is 2.59. The van der Waals surface area contributed by atoms with Gasteiger partial charge in [0.2, 0.25) is 17.5 Å². The monoisotopic (exact) mass is 908 g/mol. The predicted octanol–water partition coefficient (Wildman–Crippen LogP) is 4.44. The zero-order valence-electron chi connectivity index (χ0n) is 38.9. The van der Waals surface area contributed by atoms with Crippen LogP contribution in [-0.2, 0) is 92.0 Å². The fourth-order valence-electron chi connectivity index (χ4n) is 8.03. The molecule has 2 fully saturated rings. The molecule has 10 atom stereocenters. The zero-order chi connectivity index (χ0) is 47.5. The van der Waals surface area contributed by atoms with Crippen LogP contribution in [0.15, 0.2) is 54.6 Å². The molecule has 1 aromatic carbocycles. The Morgan fingerprint density at radius 2 is 1.48 bits per heavy atom. The SMILES string of the molecule is C=C(CC[C@]12O[C@H](C(=O)OC)[C@@](OCOCCOC)(C(=O)OC)[C@](C(=O)OC)(O1)[C@H](OC(=O)/C=C/[C@@H](C)C[C@@H](C)CC)[C@H]2OCOCCOC)[C@@H](OC(C)=O)[C@H](C)Cc1ccccc1. The van der Waals surface area contributed by atoms with E-state index in [1.165, 1.54) is 27.2 Å². The van der Waals surface area contributed by atoms with Crippen molar-refractivity contribution >= 4 is 29.8 Å². The van der Waals surface area contributed by atoms with E-state index in [0.717, 1.165) is 39.7 Å². The molecule has 0 unspecified atom stereocenters. The Kier molecular flexibility index (Phi) is 22.0. The summed E-state index contributed by atoms with van der Waals surface area (Å²) >= 11 is 0. The number of allylic oxidation sites excluding steroid dienone is 1. The summed E-state index contributed by atoms with van der Waals surface area (Å²) in [5.74, 6) is -7.83. The van der Waals surface area contributed by atoms with Gasteiger partial charge in [0.15, 0.2) is 12.2 Å². The second-order valence-electron chi connectivity index (χ2n) is 16.0. The molecule has 2 saturated heterocycles. The molecule has 0 radical (unpaired) electrons. The van der Waals surface area contributed by atoms with Crippen LogP contribution in [0.4, 0.5) is 0 Å². The molecule has 2 aliphatic heterocycles. The lowest BCUT2D eigenvalue weighted by atomic mass is 9.74. The van der Waals surface area contributed by atoms with Crippen LogP contribution in [0.25, 0.3) is 0 Å². The first kappa shape index (κ1) is 54.1. The number of benzene rings is 1. The molecule has 0 N–H and O–H groups in total. The summed E-state index contributed by atoms with van der Waals surface area (Å²) in [7, 11) is 5.91. The fourth-order valence-corrected chi connectivity index (χ4v) is 8.03. The molecule has 0 saturated carbocycles. The van der Waals surface area contributed by atoms with Crippen molar-refractivity contribution in [2.45, 2.75) is 108 Å². The summed E-state index contributed by atoms with van der Waals surface area (Å²) in [6.45, 7) is 12.5. The van der Waals surface area contributed by atoms with E-state index < -0.39 is 84.8 Å². The molecule has 2 heterocycles. The molecule has 0 amide bonds. The maximum atomic E-state index is 14.8. The van der Waals surface area contributed by atoms with E-state index in [1.54, 1.807) is 6.08 Å². The average molecular weight is 909 g/mol. The van der Waals surface area contributed by atoms with Crippen molar-refractivity contribution in [1.82, 2.24) is 0 Å². The molecular formula is C46H68O18. The fraction of sp³-hybridized carbons (Fsp3) is 0.674. The molecule has 0 aromatic heterocycles. The molecule has 0 spiro atoms. The third-order valence-corrected chi connectivity index (χ3v) is 11.3. The molecule has 3 rings (SSSR count). The van der Waals surface area contributed by atoms with E-state index in [1.807, 2.05) is 44.2 Å².